The molecule has 0 saturated carbocycles. The Balaban J connectivity index is 1.88. The van der Waals surface area contributed by atoms with Gasteiger partial charge in [-0.15, -0.1) is 0 Å². The first-order chi connectivity index (χ1) is 15.1. The molecule has 174 valence electrons. The molecule has 0 fully saturated rings. The Labute approximate surface area is 188 Å². The highest BCUT2D eigenvalue weighted by molar-refractivity contribution is 6.39. The predicted octanol–water partition coefficient (Wildman–Crippen LogP) is 6.48. The molecule has 0 aliphatic heterocycles. The maximum absolute atomic E-state index is 11.8. The Bertz CT molecular complexity index is 626. The van der Waals surface area contributed by atoms with Gasteiger partial charge in [-0.1, -0.05) is 76.9 Å². The zero-order valence-electron chi connectivity index (χ0n) is 19.3. The van der Waals surface area contributed by atoms with Gasteiger partial charge in [0.25, 0.3) is 0 Å². The largest absolute Gasteiger partial charge is 0.508 e. The maximum atomic E-state index is 11.8. The lowest BCUT2D eigenvalue weighted by Crippen LogP contribution is -2.35. The van der Waals surface area contributed by atoms with Crippen LogP contribution in [0.1, 0.15) is 96.8 Å². The van der Waals surface area contributed by atoms with Crippen molar-refractivity contribution in [3.05, 3.63) is 36.4 Å². The first-order valence-corrected chi connectivity index (χ1v) is 12.2. The minimum absolute atomic E-state index is 0.113. The molecule has 0 radical (unpaired) electrons. The zero-order valence-corrected chi connectivity index (χ0v) is 19.3. The van der Waals surface area contributed by atoms with E-state index < -0.39 is 11.8 Å². The van der Waals surface area contributed by atoms with E-state index in [1.165, 1.54) is 82.8 Å². The maximum Gasteiger partial charge on any atom is 0.313 e. The molecular formula is C26H42N2O3. The number of amides is 2. The van der Waals surface area contributed by atoms with E-state index in [1.54, 1.807) is 12.1 Å². The van der Waals surface area contributed by atoms with Crippen molar-refractivity contribution >= 4 is 17.5 Å². The summed E-state index contributed by atoms with van der Waals surface area (Å²) >= 11 is 0. The number of hydrogen-bond donors (Lipinski definition) is 3. The number of unbranched alkanes of at least 4 members (excludes halogenated alkanes) is 12. The van der Waals surface area contributed by atoms with E-state index in [4.69, 9.17) is 0 Å². The molecule has 1 aromatic rings. The fourth-order valence-electron chi connectivity index (χ4n) is 3.39. The van der Waals surface area contributed by atoms with Gasteiger partial charge in [0.15, 0.2) is 0 Å². The average Bonchev–Trinajstić information content (AvgIpc) is 2.77. The van der Waals surface area contributed by atoms with E-state index in [9.17, 15) is 14.7 Å². The lowest BCUT2D eigenvalue weighted by atomic mass is 10.1. The van der Waals surface area contributed by atoms with Crippen LogP contribution < -0.4 is 10.6 Å². The summed E-state index contributed by atoms with van der Waals surface area (Å²) in [7, 11) is 0. The average molecular weight is 431 g/mol. The Morgan fingerprint density at radius 2 is 1.26 bits per heavy atom. The van der Waals surface area contributed by atoms with Crippen molar-refractivity contribution in [1.82, 2.24) is 5.32 Å². The first kappa shape index (κ1) is 26.7. The lowest BCUT2D eigenvalue weighted by molar-refractivity contribution is -0.136. The quantitative estimate of drug-likeness (QED) is 0.114. The van der Waals surface area contributed by atoms with E-state index in [-0.39, 0.29) is 5.75 Å². The van der Waals surface area contributed by atoms with E-state index in [1.807, 2.05) is 0 Å². The van der Waals surface area contributed by atoms with Gasteiger partial charge in [0, 0.05) is 12.2 Å². The highest BCUT2D eigenvalue weighted by atomic mass is 16.3. The number of benzene rings is 1. The van der Waals surface area contributed by atoms with Crippen molar-refractivity contribution < 1.29 is 14.7 Å². The van der Waals surface area contributed by atoms with Gasteiger partial charge in [0.1, 0.15) is 5.75 Å². The number of carbonyl (C=O) groups is 2. The SMILES string of the molecule is CCCCCCCC/C=C\CCCCCCCCNC(=O)C(=O)Nc1ccc(O)cc1. The summed E-state index contributed by atoms with van der Waals surface area (Å²) < 4.78 is 0. The smallest absolute Gasteiger partial charge is 0.313 e. The second-order valence-electron chi connectivity index (χ2n) is 8.19. The number of aromatic hydroxyl groups is 1. The van der Waals surface area contributed by atoms with Crippen molar-refractivity contribution in [3.63, 3.8) is 0 Å². The van der Waals surface area contributed by atoms with Crippen LogP contribution in [0.25, 0.3) is 0 Å². The molecule has 0 aromatic heterocycles. The molecule has 1 rings (SSSR count). The second-order valence-corrected chi connectivity index (χ2v) is 8.19. The Hall–Kier alpha value is -2.30. The van der Waals surface area contributed by atoms with Gasteiger partial charge in [-0.2, -0.15) is 0 Å². The molecule has 0 saturated heterocycles. The number of nitrogens with one attached hydrogen (secondary N) is 2. The fraction of sp³-hybridized carbons (Fsp3) is 0.615. The molecule has 0 heterocycles. The number of hydrogen-bond acceptors (Lipinski definition) is 3. The lowest BCUT2D eigenvalue weighted by Gasteiger charge is -2.06. The molecule has 0 aliphatic rings. The molecule has 0 bridgehead atoms. The van der Waals surface area contributed by atoms with Gasteiger partial charge in [-0.25, -0.2) is 0 Å². The van der Waals surface area contributed by atoms with E-state index in [0.717, 1.165) is 19.3 Å². The molecule has 1 aromatic carbocycles. The van der Waals surface area contributed by atoms with Crippen molar-refractivity contribution in [2.24, 2.45) is 0 Å². The number of anilines is 1. The first-order valence-electron chi connectivity index (χ1n) is 12.2. The van der Waals surface area contributed by atoms with Crippen LogP contribution in [0.3, 0.4) is 0 Å². The highest BCUT2D eigenvalue weighted by Gasteiger charge is 2.12. The van der Waals surface area contributed by atoms with Crippen LogP contribution in [-0.4, -0.2) is 23.5 Å². The number of rotatable bonds is 17. The van der Waals surface area contributed by atoms with Crippen molar-refractivity contribution in [2.45, 2.75) is 96.8 Å². The number of phenols is 1. The molecule has 2 amide bonds. The predicted molar refractivity (Wildman–Crippen MR) is 129 cm³/mol. The molecule has 5 nitrogen and oxygen atoms in total. The van der Waals surface area contributed by atoms with Crippen molar-refractivity contribution in [1.29, 1.82) is 0 Å². The summed E-state index contributed by atoms with van der Waals surface area (Å²) in [5.41, 5.74) is 0.482. The summed E-state index contributed by atoms with van der Waals surface area (Å²) in [6.07, 6.45) is 22.1. The normalized spacial score (nSPS) is 11.0. The van der Waals surface area contributed by atoms with Crippen LogP contribution in [0.5, 0.6) is 5.75 Å². The van der Waals surface area contributed by atoms with Gasteiger partial charge >= 0.3 is 11.8 Å². The van der Waals surface area contributed by atoms with Crippen molar-refractivity contribution in [2.75, 3.05) is 11.9 Å². The third kappa shape index (κ3) is 15.2. The van der Waals surface area contributed by atoms with E-state index in [0.29, 0.717) is 12.2 Å². The minimum Gasteiger partial charge on any atom is -0.508 e. The number of allylic oxidation sites excluding steroid dienone is 2. The molecular weight excluding hydrogens is 388 g/mol. The van der Waals surface area contributed by atoms with Crippen LogP contribution in [0.4, 0.5) is 5.69 Å². The van der Waals surface area contributed by atoms with Crippen LogP contribution in [-0.2, 0) is 9.59 Å². The molecule has 31 heavy (non-hydrogen) atoms. The van der Waals surface area contributed by atoms with Gasteiger partial charge < -0.3 is 15.7 Å². The highest BCUT2D eigenvalue weighted by Crippen LogP contribution is 2.13. The molecule has 0 aliphatic carbocycles. The summed E-state index contributed by atoms with van der Waals surface area (Å²) in [6, 6.07) is 6.01. The summed E-state index contributed by atoms with van der Waals surface area (Å²) in [5, 5.41) is 14.4. The number of carbonyl (C=O) groups excluding carboxylic acids is 2. The van der Waals surface area contributed by atoms with Gasteiger partial charge in [-0.3, -0.25) is 9.59 Å². The van der Waals surface area contributed by atoms with E-state index in [2.05, 4.69) is 29.7 Å². The fourth-order valence-corrected chi connectivity index (χ4v) is 3.39. The topological polar surface area (TPSA) is 78.4 Å². The standard InChI is InChI=1S/C26H42N2O3/c1-2-3-4-5-6-7-8-9-10-11-12-13-14-15-16-17-22-27-25(30)26(31)28-23-18-20-24(29)21-19-23/h9-10,18-21,29H,2-8,11-17,22H2,1H3,(H,27,30)(H,28,31)/b10-9-. The molecule has 3 N–H and O–H groups in total. The second kappa shape index (κ2) is 18.5. The molecule has 0 spiro atoms. The Morgan fingerprint density at radius 3 is 1.84 bits per heavy atom. The van der Waals surface area contributed by atoms with Gasteiger partial charge in [0.2, 0.25) is 0 Å². The molecule has 0 atom stereocenters. The van der Waals surface area contributed by atoms with Crippen LogP contribution in [0.2, 0.25) is 0 Å². The third-order valence-electron chi connectivity index (χ3n) is 5.31. The van der Waals surface area contributed by atoms with Gasteiger partial charge in [0.05, 0.1) is 0 Å². The van der Waals surface area contributed by atoms with Crippen LogP contribution >= 0.6 is 0 Å². The Kier molecular flexibility index (Phi) is 15.9. The summed E-state index contributed by atoms with van der Waals surface area (Å²) in [6.45, 7) is 2.77. The summed E-state index contributed by atoms with van der Waals surface area (Å²) in [5.74, 6) is -1.20. The summed E-state index contributed by atoms with van der Waals surface area (Å²) in [4.78, 5) is 23.6. The van der Waals surface area contributed by atoms with Gasteiger partial charge in [-0.05, 0) is 56.4 Å². The van der Waals surface area contributed by atoms with Crippen LogP contribution in [0, 0.1) is 0 Å². The van der Waals surface area contributed by atoms with E-state index >= 15 is 0 Å². The molecule has 5 heteroatoms. The number of phenolic OH excluding ortho intramolecular Hbond substituents is 1. The Morgan fingerprint density at radius 1 is 0.742 bits per heavy atom. The minimum atomic E-state index is -0.685. The van der Waals surface area contributed by atoms with Crippen LogP contribution in [0.15, 0.2) is 36.4 Å². The van der Waals surface area contributed by atoms with Crippen molar-refractivity contribution in [3.8, 4) is 5.75 Å². The zero-order chi connectivity index (χ0) is 22.6. The third-order valence-corrected chi connectivity index (χ3v) is 5.31. The molecule has 0 unspecified atom stereocenters. The monoisotopic (exact) mass is 430 g/mol.